The number of likely N-dealkylation sites (N-methyl/N-ethyl adjacent to an activating group) is 1. The minimum absolute atomic E-state index is 0.0671. The lowest BCUT2D eigenvalue weighted by molar-refractivity contribution is -0.122. The van der Waals surface area contributed by atoms with Crippen molar-refractivity contribution in [1.82, 2.24) is 9.47 Å². The molecule has 4 aromatic rings. The zero-order valence-corrected chi connectivity index (χ0v) is 21.7. The van der Waals surface area contributed by atoms with Crippen LogP contribution in [0.3, 0.4) is 0 Å². The number of aliphatic imine (C=N–C) groups is 1. The molecule has 1 aromatic heterocycles. The Balaban J connectivity index is 1.55. The van der Waals surface area contributed by atoms with Crippen LogP contribution in [0.25, 0.3) is 17.0 Å². The summed E-state index contributed by atoms with van der Waals surface area (Å²) in [6, 6.07) is 22.6. The molecule has 0 radical (unpaired) electrons. The quantitative estimate of drug-likeness (QED) is 0.242. The van der Waals surface area contributed by atoms with E-state index in [1.54, 1.807) is 17.0 Å². The normalized spacial score (nSPS) is 16.2. The van der Waals surface area contributed by atoms with Crippen LogP contribution in [0.1, 0.15) is 23.7 Å². The summed E-state index contributed by atoms with van der Waals surface area (Å²) in [5, 5.41) is 1.71. The molecule has 1 saturated heterocycles. The van der Waals surface area contributed by atoms with E-state index in [0.29, 0.717) is 22.3 Å². The Morgan fingerprint density at radius 3 is 2.46 bits per heavy atom. The van der Waals surface area contributed by atoms with Gasteiger partial charge in [0, 0.05) is 39.7 Å². The molecular formula is C28H23BrFN3OS. The van der Waals surface area contributed by atoms with Gasteiger partial charge in [-0.3, -0.25) is 9.69 Å². The molecule has 0 aliphatic carbocycles. The summed E-state index contributed by atoms with van der Waals surface area (Å²) < 4.78 is 16.6. The largest absolute Gasteiger partial charge is 0.340 e. The van der Waals surface area contributed by atoms with Crippen LogP contribution in [-0.4, -0.2) is 27.1 Å². The summed E-state index contributed by atoms with van der Waals surface area (Å²) >= 11 is 4.86. The second kappa shape index (κ2) is 9.84. The SMILES string of the molecule is CCN1C(=O)/C(=C\c2c(C)n(Cc3ccc(Br)cc3)c3ccccc23)SC1=Nc1ccc(F)cc1. The van der Waals surface area contributed by atoms with Crippen LogP contribution in [0.2, 0.25) is 0 Å². The standard InChI is InChI=1S/C28H23BrFN3OS/c1-3-32-27(34)26(35-28(32)31-22-14-12-21(30)13-15-22)16-24-18(2)33(25-7-5-4-6-23(24)25)17-19-8-10-20(29)11-9-19/h4-16H,3,17H2,1-2H3/b26-16+,31-28?. The molecule has 7 heteroatoms. The first kappa shape index (κ1) is 23.6. The zero-order chi connectivity index (χ0) is 24.5. The highest BCUT2D eigenvalue weighted by Gasteiger charge is 2.32. The third-order valence-corrected chi connectivity index (χ3v) is 7.60. The molecule has 0 bridgehead atoms. The average Bonchev–Trinajstić information content (AvgIpc) is 3.30. The van der Waals surface area contributed by atoms with Gasteiger partial charge in [-0.15, -0.1) is 0 Å². The van der Waals surface area contributed by atoms with Crippen LogP contribution in [0.4, 0.5) is 10.1 Å². The highest BCUT2D eigenvalue weighted by molar-refractivity contribution is 9.10. The Kier molecular flexibility index (Phi) is 6.62. The maximum atomic E-state index is 13.3. The molecule has 1 aliphatic heterocycles. The zero-order valence-electron chi connectivity index (χ0n) is 19.3. The average molecular weight is 548 g/mol. The number of carbonyl (C=O) groups is 1. The maximum Gasteiger partial charge on any atom is 0.266 e. The van der Waals surface area contributed by atoms with Crippen molar-refractivity contribution in [3.05, 3.63) is 105 Å². The summed E-state index contributed by atoms with van der Waals surface area (Å²) in [7, 11) is 0. The summed E-state index contributed by atoms with van der Waals surface area (Å²) in [4.78, 5) is 20.2. The lowest BCUT2D eigenvalue weighted by Gasteiger charge is -2.11. The fourth-order valence-corrected chi connectivity index (χ4v) is 5.55. The van der Waals surface area contributed by atoms with Crippen LogP contribution < -0.4 is 0 Å². The number of amidine groups is 1. The Bertz CT molecular complexity index is 1470. The third-order valence-electron chi connectivity index (χ3n) is 6.06. The van der Waals surface area contributed by atoms with Crippen LogP contribution in [0.5, 0.6) is 0 Å². The minimum Gasteiger partial charge on any atom is -0.340 e. The lowest BCUT2D eigenvalue weighted by atomic mass is 10.1. The molecule has 0 unspecified atom stereocenters. The molecule has 0 spiro atoms. The van der Waals surface area contributed by atoms with Gasteiger partial charge in [0.15, 0.2) is 5.17 Å². The van der Waals surface area contributed by atoms with Gasteiger partial charge in [0.25, 0.3) is 5.91 Å². The monoisotopic (exact) mass is 547 g/mol. The van der Waals surface area contributed by atoms with Gasteiger partial charge >= 0.3 is 0 Å². The fourth-order valence-electron chi connectivity index (χ4n) is 4.24. The first-order valence-electron chi connectivity index (χ1n) is 11.3. The number of halogens is 2. The Labute approximate surface area is 216 Å². The van der Waals surface area contributed by atoms with E-state index in [4.69, 9.17) is 0 Å². The molecule has 2 heterocycles. The van der Waals surface area contributed by atoms with Gasteiger partial charge in [-0.05, 0) is 79.7 Å². The summed E-state index contributed by atoms with van der Waals surface area (Å²) in [6.07, 6.45) is 1.98. The van der Waals surface area contributed by atoms with E-state index >= 15 is 0 Å². The van der Waals surface area contributed by atoms with Crippen LogP contribution in [0, 0.1) is 12.7 Å². The number of carbonyl (C=O) groups excluding carboxylic acids is 1. The Hall–Kier alpha value is -3.16. The first-order chi connectivity index (χ1) is 16.9. The van der Waals surface area contributed by atoms with Gasteiger partial charge in [0.2, 0.25) is 0 Å². The van der Waals surface area contributed by atoms with E-state index in [1.165, 1.54) is 29.5 Å². The number of thioether (sulfide) groups is 1. The highest BCUT2D eigenvalue weighted by Crippen LogP contribution is 2.37. The van der Waals surface area contributed by atoms with Gasteiger partial charge < -0.3 is 4.57 Å². The molecule has 1 fully saturated rings. The molecule has 1 amide bonds. The smallest absolute Gasteiger partial charge is 0.266 e. The lowest BCUT2D eigenvalue weighted by Crippen LogP contribution is -2.28. The van der Waals surface area contributed by atoms with Gasteiger partial charge in [0.05, 0.1) is 10.6 Å². The van der Waals surface area contributed by atoms with E-state index < -0.39 is 0 Å². The molecule has 35 heavy (non-hydrogen) atoms. The van der Waals surface area contributed by atoms with Crippen molar-refractivity contribution < 1.29 is 9.18 Å². The summed E-state index contributed by atoms with van der Waals surface area (Å²) in [5.74, 6) is -0.380. The topological polar surface area (TPSA) is 37.6 Å². The number of amides is 1. The third kappa shape index (κ3) is 4.70. The molecule has 1 aliphatic rings. The second-order valence-corrected chi connectivity index (χ2v) is 10.2. The van der Waals surface area contributed by atoms with Crippen molar-refractivity contribution in [1.29, 1.82) is 0 Å². The maximum absolute atomic E-state index is 13.3. The van der Waals surface area contributed by atoms with E-state index in [2.05, 4.69) is 56.7 Å². The van der Waals surface area contributed by atoms with Gasteiger partial charge in [-0.2, -0.15) is 0 Å². The first-order valence-corrected chi connectivity index (χ1v) is 12.9. The molecule has 4 nitrogen and oxygen atoms in total. The van der Waals surface area contributed by atoms with E-state index in [-0.39, 0.29) is 11.7 Å². The van der Waals surface area contributed by atoms with Crippen LogP contribution in [0.15, 0.2) is 87.2 Å². The summed E-state index contributed by atoms with van der Waals surface area (Å²) in [5.41, 5.74) is 5.08. The summed E-state index contributed by atoms with van der Waals surface area (Å²) in [6.45, 7) is 5.27. The molecular weight excluding hydrogens is 525 g/mol. The molecule has 0 N–H and O–H groups in total. The van der Waals surface area contributed by atoms with Crippen molar-refractivity contribution in [3.8, 4) is 0 Å². The molecule has 0 atom stereocenters. The highest BCUT2D eigenvalue weighted by atomic mass is 79.9. The fraction of sp³-hybridized carbons (Fsp3) is 0.143. The number of nitrogens with zero attached hydrogens (tertiary/aromatic N) is 3. The van der Waals surface area contributed by atoms with Crippen molar-refractivity contribution >= 4 is 61.4 Å². The number of hydrogen-bond acceptors (Lipinski definition) is 3. The van der Waals surface area contributed by atoms with E-state index in [9.17, 15) is 9.18 Å². The van der Waals surface area contributed by atoms with E-state index in [1.807, 2.05) is 37.3 Å². The second-order valence-electron chi connectivity index (χ2n) is 8.26. The van der Waals surface area contributed by atoms with Gasteiger partial charge in [0.1, 0.15) is 5.82 Å². The Morgan fingerprint density at radius 2 is 1.74 bits per heavy atom. The number of hydrogen-bond donors (Lipinski definition) is 0. The van der Waals surface area contributed by atoms with Crippen LogP contribution in [-0.2, 0) is 11.3 Å². The van der Waals surface area contributed by atoms with Crippen molar-refractivity contribution in [2.24, 2.45) is 4.99 Å². The van der Waals surface area contributed by atoms with Gasteiger partial charge in [-0.1, -0.05) is 46.3 Å². The van der Waals surface area contributed by atoms with Gasteiger partial charge in [-0.25, -0.2) is 9.38 Å². The number of para-hydroxylation sites is 1. The molecule has 176 valence electrons. The number of aromatic nitrogens is 1. The molecule has 5 rings (SSSR count). The van der Waals surface area contributed by atoms with E-state index in [0.717, 1.165) is 33.2 Å². The van der Waals surface area contributed by atoms with Crippen molar-refractivity contribution in [2.75, 3.05) is 6.54 Å². The van der Waals surface area contributed by atoms with Crippen LogP contribution >= 0.6 is 27.7 Å². The number of rotatable bonds is 5. The Morgan fingerprint density at radius 1 is 1.03 bits per heavy atom. The minimum atomic E-state index is -0.313. The number of fused-ring (bicyclic) bond motifs is 1. The van der Waals surface area contributed by atoms with Crippen molar-refractivity contribution in [3.63, 3.8) is 0 Å². The predicted octanol–water partition coefficient (Wildman–Crippen LogP) is 7.52. The number of benzene rings is 3. The molecule has 3 aromatic carbocycles. The predicted molar refractivity (Wildman–Crippen MR) is 146 cm³/mol. The molecule has 0 saturated carbocycles. The van der Waals surface area contributed by atoms with Crippen molar-refractivity contribution in [2.45, 2.75) is 20.4 Å².